The number of carbonyl (C=O) groups excluding carboxylic acids is 2. The number of anilines is 2. The van der Waals surface area contributed by atoms with E-state index in [-0.39, 0.29) is 12.3 Å². The van der Waals surface area contributed by atoms with E-state index in [2.05, 4.69) is 15.8 Å². The largest absolute Gasteiger partial charge is 0.394 e. The lowest BCUT2D eigenvalue weighted by Crippen LogP contribution is -2.27. The molecular formula is C20H20F3IN4O5. The fourth-order valence-electron chi connectivity index (χ4n) is 2.42. The number of hydrogen-bond acceptors (Lipinski definition) is 7. The third-order valence-corrected chi connectivity index (χ3v) is 4.54. The van der Waals surface area contributed by atoms with Crippen LogP contribution in [0.5, 0.6) is 0 Å². The number of oxime groups is 1. The second-order valence-corrected chi connectivity index (χ2v) is 7.48. The number of aliphatic hydroxyl groups is 1. The molecule has 178 valence electrons. The van der Waals surface area contributed by atoms with Gasteiger partial charge in [0.15, 0.2) is 18.2 Å². The van der Waals surface area contributed by atoms with Crippen LogP contribution in [0.25, 0.3) is 0 Å². The van der Waals surface area contributed by atoms with Crippen LogP contribution in [0, 0.1) is 21.0 Å². The SMILES string of the molecule is CCNC(=O)CON=Cc1cc(C(=O)NOCCO)c(Nc2ccc(I)cc2F)c(F)c1F. The lowest BCUT2D eigenvalue weighted by molar-refractivity contribution is -0.125. The molecule has 0 aliphatic rings. The summed E-state index contributed by atoms with van der Waals surface area (Å²) in [6.07, 6.45) is 0.776. The average molecular weight is 580 g/mol. The summed E-state index contributed by atoms with van der Waals surface area (Å²) in [7, 11) is 0. The molecule has 0 aliphatic carbocycles. The monoisotopic (exact) mass is 580 g/mol. The molecule has 4 N–H and O–H groups in total. The topological polar surface area (TPSA) is 121 Å². The molecule has 2 aromatic carbocycles. The van der Waals surface area contributed by atoms with Crippen molar-refractivity contribution in [2.75, 3.05) is 31.7 Å². The highest BCUT2D eigenvalue weighted by Gasteiger charge is 2.23. The minimum Gasteiger partial charge on any atom is -0.394 e. The van der Waals surface area contributed by atoms with E-state index >= 15 is 0 Å². The zero-order chi connectivity index (χ0) is 24.4. The van der Waals surface area contributed by atoms with Crippen molar-refractivity contribution in [3.8, 4) is 0 Å². The van der Waals surface area contributed by atoms with Crippen molar-refractivity contribution in [3.05, 3.63) is 56.4 Å². The highest BCUT2D eigenvalue weighted by atomic mass is 127. The molecule has 0 bridgehead atoms. The van der Waals surface area contributed by atoms with Gasteiger partial charge < -0.3 is 20.6 Å². The Morgan fingerprint density at radius 1 is 1.21 bits per heavy atom. The number of likely N-dealkylation sites (N-methyl/N-ethyl adjacent to an activating group) is 1. The van der Waals surface area contributed by atoms with Gasteiger partial charge in [-0.1, -0.05) is 5.16 Å². The summed E-state index contributed by atoms with van der Waals surface area (Å²) in [4.78, 5) is 33.3. The average Bonchev–Trinajstić information content (AvgIpc) is 2.77. The van der Waals surface area contributed by atoms with Crippen molar-refractivity contribution in [1.29, 1.82) is 0 Å². The molecule has 0 saturated heterocycles. The molecule has 0 atom stereocenters. The molecule has 0 aromatic heterocycles. The van der Waals surface area contributed by atoms with Gasteiger partial charge in [0.2, 0.25) is 0 Å². The maximum absolute atomic E-state index is 14.9. The number of nitrogens with zero attached hydrogens (tertiary/aromatic N) is 1. The van der Waals surface area contributed by atoms with Gasteiger partial charge in [0.1, 0.15) is 5.82 Å². The molecule has 2 amide bonds. The molecule has 0 aliphatic heterocycles. The highest BCUT2D eigenvalue weighted by molar-refractivity contribution is 14.1. The van der Waals surface area contributed by atoms with Crippen molar-refractivity contribution >= 4 is 52.0 Å². The Balaban J connectivity index is 2.39. The molecule has 2 rings (SSSR count). The first-order valence-electron chi connectivity index (χ1n) is 9.47. The Bertz CT molecular complexity index is 1040. The first-order valence-corrected chi connectivity index (χ1v) is 10.5. The first kappa shape index (κ1) is 26.3. The van der Waals surface area contributed by atoms with Gasteiger partial charge in [-0.2, -0.15) is 0 Å². The molecule has 13 heteroatoms. The fourth-order valence-corrected chi connectivity index (χ4v) is 2.88. The molecule has 0 radical (unpaired) electrons. The summed E-state index contributed by atoms with van der Waals surface area (Å²) < 4.78 is 44.4. The molecule has 0 spiro atoms. The molecule has 0 fully saturated rings. The van der Waals surface area contributed by atoms with Gasteiger partial charge >= 0.3 is 0 Å². The van der Waals surface area contributed by atoms with Crippen molar-refractivity contribution in [2.45, 2.75) is 6.92 Å². The Kier molecular flexibility index (Phi) is 10.3. The predicted molar refractivity (Wildman–Crippen MR) is 121 cm³/mol. The maximum Gasteiger partial charge on any atom is 0.277 e. The van der Waals surface area contributed by atoms with Gasteiger partial charge in [-0.25, -0.2) is 18.7 Å². The van der Waals surface area contributed by atoms with Crippen LogP contribution in [0.4, 0.5) is 24.5 Å². The predicted octanol–water partition coefficient (Wildman–Crippen LogP) is 2.59. The van der Waals surface area contributed by atoms with E-state index in [1.54, 1.807) is 6.92 Å². The Labute approximate surface area is 200 Å². The third kappa shape index (κ3) is 7.57. The number of benzene rings is 2. The number of hydroxylamine groups is 1. The van der Waals surface area contributed by atoms with E-state index in [9.17, 15) is 22.8 Å². The highest BCUT2D eigenvalue weighted by Crippen LogP contribution is 2.30. The minimum absolute atomic E-state index is 0.203. The lowest BCUT2D eigenvalue weighted by atomic mass is 10.1. The molecule has 0 heterocycles. The van der Waals surface area contributed by atoms with Crippen LogP contribution in [0.1, 0.15) is 22.8 Å². The molecule has 33 heavy (non-hydrogen) atoms. The summed E-state index contributed by atoms with van der Waals surface area (Å²) in [6.45, 7) is 0.957. The van der Waals surface area contributed by atoms with Crippen molar-refractivity contribution < 1.29 is 37.5 Å². The van der Waals surface area contributed by atoms with E-state index < -0.39 is 59.3 Å². The molecule has 0 saturated carbocycles. The second-order valence-electron chi connectivity index (χ2n) is 6.23. The van der Waals surface area contributed by atoms with Crippen LogP contribution in [0.2, 0.25) is 0 Å². The normalized spacial score (nSPS) is 10.8. The number of hydrogen-bond donors (Lipinski definition) is 4. The minimum atomic E-state index is -1.49. The van der Waals surface area contributed by atoms with Gasteiger partial charge in [-0.05, 0) is 53.8 Å². The van der Waals surface area contributed by atoms with Crippen LogP contribution in [-0.2, 0) is 14.5 Å². The number of aliphatic hydroxyl groups excluding tert-OH is 1. The van der Waals surface area contributed by atoms with Crippen LogP contribution in [-0.4, -0.2) is 49.5 Å². The van der Waals surface area contributed by atoms with E-state index in [0.717, 1.165) is 18.3 Å². The number of nitrogens with one attached hydrogen (secondary N) is 3. The fraction of sp³-hybridized carbons (Fsp3) is 0.250. The summed E-state index contributed by atoms with van der Waals surface area (Å²) in [5, 5.41) is 17.0. The Morgan fingerprint density at radius 2 is 1.97 bits per heavy atom. The lowest BCUT2D eigenvalue weighted by Gasteiger charge is -2.15. The smallest absolute Gasteiger partial charge is 0.277 e. The number of halogens is 4. The number of carbonyl (C=O) groups is 2. The zero-order valence-electron chi connectivity index (χ0n) is 17.3. The zero-order valence-corrected chi connectivity index (χ0v) is 19.4. The maximum atomic E-state index is 14.9. The number of amides is 2. The van der Waals surface area contributed by atoms with Crippen molar-refractivity contribution in [1.82, 2.24) is 10.8 Å². The molecule has 0 unspecified atom stereocenters. The molecular weight excluding hydrogens is 560 g/mol. The summed E-state index contributed by atoms with van der Waals surface area (Å²) >= 11 is 1.88. The summed E-state index contributed by atoms with van der Waals surface area (Å²) in [6, 6.07) is 4.91. The van der Waals surface area contributed by atoms with Gasteiger partial charge in [0.05, 0.1) is 36.4 Å². The standard InChI is InChI=1S/C20H20F3IN4O5/c1-2-25-16(30)10-33-26-9-11-7-13(20(31)28-32-6-5-29)19(18(23)17(11)22)27-15-4-3-12(24)8-14(15)21/h3-4,7-9,27,29H,2,5-6,10H2,1H3,(H,25,30)(H,28,31). The molecule has 2 aromatic rings. The number of rotatable bonds is 11. The van der Waals surface area contributed by atoms with E-state index in [1.165, 1.54) is 12.1 Å². The van der Waals surface area contributed by atoms with Crippen molar-refractivity contribution in [2.24, 2.45) is 5.16 Å². The van der Waals surface area contributed by atoms with Crippen molar-refractivity contribution in [3.63, 3.8) is 0 Å². The van der Waals surface area contributed by atoms with Gasteiger partial charge in [-0.3, -0.25) is 14.4 Å². The second kappa shape index (κ2) is 13.0. The van der Waals surface area contributed by atoms with Gasteiger partial charge in [0, 0.05) is 15.7 Å². The molecule has 9 nitrogen and oxygen atoms in total. The first-order chi connectivity index (χ1) is 15.8. The van der Waals surface area contributed by atoms with Gasteiger partial charge in [-0.15, -0.1) is 0 Å². The summed E-state index contributed by atoms with van der Waals surface area (Å²) in [5.41, 5.74) is 0.179. The van der Waals surface area contributed by atoms with Crippen LogP contribution < -0.4 is 16.1 Å². The van der Waals surface area contributed by atoms with E-state index in [0.29, 0.717) is 10.1 Å². The van der Waals surface area contributed by atoms with Crippen LogP contribution in [0.15, 0.2) is 29.4 Å². The summed E-state index contributed by atoms with van der Waals surface area (Å²) in [5.74, 6) is -5.13. The van der Waals surface area contributed by atoms with Gasteiger partial charge in [0.25, 0.3) is 11.8 Å². The van der Waals surface area contributed by atoms with E-state index in [1.807, 2.05) is 28.1 Å². The van der Waals surface area contributed by atoms with Crippen LogP contribution >= 0.6 is 22.6 Å². The quantitative estimate of drug-likeness (QED) is 0.140. The van der Waals surface area contributed by atoms with Crippen LogP contribution in [0.3, 0.4) is 0 Å². The Hall–Kier alpha value is -2.91. The third-order valence-electron chi connectivity index (χ3n) is 3.86. The Morgan fingerprint density at radius 3 is 2.64 bits per heavy atom. The van der Waals surface area contributed by atoms with E-state index in [4.69, 9.17) is 14.8 Å².